The summed E-state index contributed by atoms with van der Waals surface area (Å²) in [5, 5.41) is 8.12. The Balaban J connectivity index is 2.08. The van der Waals surface area contributed by atoms with Crippen molar-refractivity contribution in [2.45, 2.75) is 89.8 Å². The highest BCUT2D eigenvalue weighted by Gasteiger charge is 2.35. The van der Waals surface area contributed by atoms with Gasteiger partial charge in [-0.15, -0.1) is 0 Å². The van der Waals surface area contributed by atoms with Gasteiger partial charge in [0.15, 0.2) is 0 Å². The van der Waals surface area contributed by atoms with Crippen LogP contribution < -0.4 is 16.0 Å². The molecule has 3 N–H and O–H groups in total. The summed E-state index contributed by atoms with van der Waals surface area (Å²) < 4.78 is 10.2. The van der Waals surface area contributed by atoms with Crippen molar-refractivity contribution in [3.8, 4) is 0 Å². The van der Waals surface area contributed by atoms with Crippen molar-refractivity contribution < 1.29 is 28.7 Å². The van der Waals surface area contributed by atoms with Gasteiger partial charge in [-0.25, -0.2) is 9.59 Å². The second kappa shape index (κ2) is 11.3. The summed E-state index contributed by atoms with van der Waals surface area (Å²) in [5.41, 5.74) is -0.694. The van der Waals surface area contributed by atoms with Crippen LogP contribution in [-0.4, -0.2) is 55.2 Å². The molecule has 176 valence electrons. The van der Waals surface area contributed by atoms with Crippen LogP contribution in [-0.2, 0) is 23.9 Å². The number of methoxy groups -OCH3 is 1. The first-order chi connectivity index (χ1) is 14.6. The number of ether oxygens (including phenoxy) is 2. The van der Waals surface area contributed by atoms with E-state index in [1.807, 2.05) is 0 Å². The fraction of sp³-hybridized carbons (Fsp3) is 0.818. The summed E-state index contributed by atoms with van der Waals surface area (Å²) >= 11 is 0. The summed E-state index contributed by atoms with van der Waals surface area (Å²) in [5.74, 6) is -1.25. The Morgan fingerprint density at radius 1 is 1.03 bits per heavy atom. The first kappa shape index (κ1) is 24.9. The number of amides is 3. The second-order valence-corrected chi connectivity index (χ2v) is 9.54. The van der Waals surface area contributed by atoms with Gasteiger partial charge < -0.3 is 25.4 Å². The maximum atomic E-state index is 13.1. The van der Waals surface area contributed by atoms with E-state index in [0.29, 0.717) is 25.3 Å². The molecule has 1 saturated heterocycles. The monoisotopic (exact) mass is 439 g/mol. The van der Waals surface area contributed by atoms with Crippen molar-refractivity contribution in [2.75, 3.05) is 13.7 Å². The summed E-state index contributed by atoms with van der Waals surface area (Å²) in [4.78, 5) is 49.7. The number of carbonyl (C=O) groups excluding carboxylic acids is 4. The summed E-state index contributed by atoms with van der Waals surface area (Å²) in [7, 11) is 1.24. The van der Waals surface area contributed by atoms with Gasteiger partial charge in [0.1, 0.15) is 17.7 Å². The summed E-state index contributed by atoms with van der Waals surface area (Å²) in [6.45, 7) is 5.81. The molecule has 1 aliphatic heterocycles. The molecule has 2 aliphatic rings. The van der Waals surface area contributed by atoms with Crippen LogP contribution in [0.4, 0.5) is 4.79 Å². The zero-order valence-corrected chi connectivity index (χ0v) is 19.1. The number of carbonyl (C=O) groups is 4. The minimum absolute atomic E-state index is 0.131. The quantitative estimate of drug-likeness (QED) is 0.498. The van der Waals surface area contributed by atoms with Gasteiger partial charge in [0.25, 0.3) is 0 Å². The van der Waals surface area contributed by atoms with Crippen LogP contribution in [0.2, 0.25) is 0 Å². The lowest BCUT2D eigenvalue weighted by Crippen LogP contribution is -2.53. The molecule has 0 aromatic rings. The zero-order chi connectivity index (χ0) is 23.0. The first-order valence-corrected chi connectivity index (χ1v) is 11.2. The third-order valence-corrected chi connectivity index (χ3v) is 5.79. The molecular weight excluding hydrogens is 402 g/mol. The Bertz CT molecular complexity index is 654. The highest BCUT2D eigenvalue weighted by atomic mass is 16.6. The van der Waals surface area contributed by atoms with Crippen molar-refractivity contribution in [3.05, 3.63) is 0 Å². The van der Waals surface area contributed by atoms with Gasteiger partial charge >= 0.3 is 12.1 Å². The van der Waals surface area contributed by atoms with E-state index in [0.717, 1.165) is 25.7 Å². The predicted molar refractivity (Wildman–Crippen MR) is 114 cm³/mol. The number of nitrogens with one attached hydrogen (secondary N) is 3. The fourth-order valence-corrected chi connectivity index (χ4v) is 4.22. The van der Waals surface area contributed by atoms with Crippen LogP contribution in [0.25, 0.3) is 0 Å². The highest BCUT2D eigenvalue weighted by molar-refractivity contribution is 5.90. The summed E-state index contributed by atoms with van der Waals surface area (Å²) in [6, 6.07) is -1.79. The number of alkyl carbamates (subject to hydrolysis) is 1. The van der Waals surface area contributed by atoms with Gasteiger partial charge in [0.05, 0.1) is 7.11 Å². The van der Waals surface area contributed by atoms with Crippen molar-refractivity contribution >= 4 is 23.9 Å². The Morgan fingerprint density at radius 3 is 2.26 bits per heavy atom. The fourth-order valence-electron chi connectivity index (χ4n) is 4.22. The Labute approximate surface area is 184 Å². The molecule has 0 radical (unpaired) electrons. The van der Waals surface area contributed by atoms with E-state index < -0.39 is 35.7 Å². The van der Waals surface area contributed by atoms with Crippen molar-refractivity contribution in [3.63, 3.8) is 0 Å². The molecule has 3 amide bonds. The second-order valence-electron chi connectivity index (χ2n) is 9.54. The van der Waals surface area contributed by atoms with E-state index in [1.165, 1.54) is 13.5 Å². The van der Waals surface area contributed by atoms with Crippen molar-refractivity contribution in [2.24, 2.45) is 11.8 Å². The van der Waals surface area contributed by atoms with Crippen molar-refractivity contribution in [1.82, 2.24) is 16.0 Å². The molecular formula is C22H37N3O6. The lowest BCUT2D eigenvalue weighted by Gasteiger charge is -2.29. The van der Waals surface area contributed by atoms with Gasteiger partial charge in [0, 0.05) is 12.5 Å². The highest BCUT2D eigenvalue weighted by Crippen LogP contribution is 2.27. The molecule has 9 nitrogen and oxygen atoms in total. The molecule has 1 saturated carbocycles. The van der Waals surface area contributed by atoms with Gasteiger partial charge in [-0.1, -0.05) is 32.1 Å². The molecule has 0 aromatic heterocycles. The molecule has 0 bridgehead atoms. The smallest absolute Gasteiger partial charge is 0.408 e. The minimum atomic E-state index is -0.958. The van der Waals surface area contributed by atoms with Crippen LogP contribution in [0.1, 0.15) is 72.1 Å². The molecule has 9 heteroatoms. The number of rotatable bonds is 8. The van der Waals surface area contributed by atoms with Gasteiger partial charge in [0.2, 0.25) is 11.8 Å². The zero-order valence-electron chi connectivity index (χ0n) is 19.1. The number of esters is 1. The van der Waals surface area contributed by atoms with Crippen LogP contribution in [0.15, 0.2) is 0 Å². The molecule has 2 unspecified atom stereocenters. The molecule has 1 aliphatic carbocycles. The average molecular weight is 440 g/mol. The van der Waals surface area contributed by atoms with Crippen LogP contribution in [0, 0.1) is 11.8 Å². The molecule has 0 spiro atoms. The maximum Gasteiger partial charge on any atom is 0.408 e. The number of hydrogen-bond donors (Lipinski definition) is 3. The molecule has 0 aromatic carbocycles. The summed E-state index contributed by atoms with van der Waals surface area (Å²) in [6.07, 6.45) is 5.96. The standard InChI is InChI=1S/C22H37N3O6/c1-22(2,3)31-21(29)25-16(12-14-8-6-5-7-9-14)19(27)24-17(20(28)30-4)13-15-10-11-23-18(15)26/h14-17H,5-13H2,1-4H3,(H,23,26)(H,24,27)(H,25,29)/t15-,16?,17?/m0/s1. The largest absolute Gasteiger partial charge is 0.467 e. The Kier molecular flexibility index (Phi) is 9.13. The number of hydrogen-bond acceptors (Lipinski definition) is 6. The van der Waals surface area contributed by atoms with E-state index in [-0.39, 0.29) is 18.2 Å². The predicted octanol–water partition coefficient (Wildman–Crippen LogP) is 2.03. The molecule has 1 heterocycles. The lowest BCUT2D eigenvalue weighted by molar-refractivity contribution is -0.146. The third-order valence-electron chi connectivity index (χ3n) is 5.79. The Morgan fingerprint density at radius 2 is 1.71 bits per heavy atom. The molecule has 31 heavy (non-hydrogen) atoms. The van der Waals surface area contributed by atoms with E-state index in [2.05, 4.69) is 16.0 Å². The maximum absolute atomic E-state index is 13.1. The van der Waals surface area contributed by atoms with Crippen LogP contribution >= 0.6 is 0 Å². The van der Waals surface area contributed by atoms with E-state index in [9.17, 15) is 19.2 Å². The third kappa shape index (κ3) is 8.38. The van der Waals surface area contributed by atoms with Crippen molar-refractivity contribution in [1.29, 1.82) is 0 Å². The molecule has 3 atom stereocenters. The SMILES string of the molecule is COC(=O)C(C[C@@H]1CCNC1=O)NC(=O)C(CC1CCCCC1)NC(=O)OC(C)(C)C. The van der Waals surface area contributed by atoms with Gasteiger partial charge in [-0.2, -0.15) is 0 Å². The van der Waals surface area contributed by atoms with E-state index in [4.69, 9.17) is 9.47 Å². The van der Waals surface area contributed by atoms with Crippen LogP contribution in [0.5, 0.6) is 0 Å². The van der Waals surface area contributed by atoms with E-state index in [1.54, 1.807) is 20.8 Å². The van der Waals surface area contributed by atoms with Gasteiger partial charge in [-0.3, -0.25) is 9.59 Å². The molecule has 2 fully saturated rings. The van der Waals surface area contributed by atoms with Gasteiger partial charge in [-0.05, 0) is 46.0 Å². The average Bonchev–Trinajstić information content (AvgIpc) is 3.10. The topological polar surface area (TPSA) is 123 Å². The molecule has 2 rings (SSSR count). The lowest BCUT2D eigenvalue weighted by atomic mass is 9.84. The Hall–Kier alpha value is -2.32. The van der Waals surface area contributed by atoms with E-state index >= 15 is 0 Å². The first-order valence-electron chi connectivity index (χ1n) is 11.2. The minimum Gasteiger partial charge on any atom is -0.467 e. The normalized spacial score (nSPS) is 21.5. The van der Waals surface area contributed by atoms with Crippen LogP contribution in [0.3, 0.4) is 0 Å².